The van der Waals surface area contributed by atoms with Gasteiger partial charge >= 0.3 is 5.97 Å². The van der Waals surface area contributed by atoms with Gasteiger partial charge in [-0.15, -0.1) is 0 Å². The zero-order chi connectivity index (χ0) is 19.8. The minimum absolute atomic E-state index is 0.0424. The van der Waals surface area contributed by atoms with E-state index in [1.807, 2.05) is 35.8 Å². The Morgan fingerprint density at radius 3 is 2.82 bits per heavy atom. The Balaban J connectivity index is 1.92. The fourth-order valence-electron chi connectivity index (χ4n) is 3.54. The van der Waals surface area contributed by atoms with Gasteiger partial charge in [0.25, 0.3) is 5.69 Å². The van der Waals surface area contributed by atoms with Crippen molar-refractivity contribution in [3.63, 3.8) is 0 Å². The van der Waals surface area contributed by atoms with Crippen molar-refractivity contribution in [1.82, 2.24) is 9.55 Å². The molecule has 0 saturated heterocycles. The van der Waals surface area contributed by atoms with Crippen LogP contribution in [0.3, 0.4) is 0 Å². The predicted molar refractivity (Wildman–Crippen MR) is 105 cm³/mol. The minimum atomic E-state index is -0.608. The van der Waals surface area contributed by atoms with Crippen LogP contribution in [0.4, 0.5) is 11.6 Å². The number of allylic oxidation sites excluding steroid dienone is 1. The summed E-state index contributed by atoms with van der Waals surface area (Å²) in [5, 5.41) is 14.5. The quantitative estimate of drug-likeness (QED) is 0.420. The van der Waals surface area contributed by atoms with Crippen molar-refractivity contribution in [3.8, 4) is 0 Å². The van der Waals surface area contributed by atoms with E-state index in [1.165, 1.54) is 12.1 Å². The van der Waals surface area contributed by atoms with Gasteiger partial charge < -0.3 is 10.1 Å². The average Bonchev–Trinajstić information content (AvgIpc) is 3.06. The highest BCUT2D eigenvalue weighted by atomic mass is 16.6. The number of rotatable bonds is 4. The first-order chi connectivity index (χ1) is 13.5. The molecule has 0 bridgehead atoms. The number of para-hydroxylation sites is 2. The van der Waals surface area contributed by atoms with E-state index in [0.29, 0.717) is 22.8 Å². The van der Waals surface area contributed by atoms with E-state index >= 15 is 0 Å². The molecule has 0 fully saturated rings. The molecule has 0 radical (unpaired) electrons. The van der Waals surface area contributed by atoms with Gasteiger partial charge in [-0.1, -0.05) is 24.3 Å². The number of carbonyl (C=O) groups excluding carboxylic acids is 1. The zero-order valence-electron chi connectivity index (χ0n) is 15.4. The summed E-state index contributed by atoms with van der Waals surface area (Å²) in [7, 11) is 0. The summed E-state index contributed by atoms with van der Waals surface area (Å²) in [6.07, 6.45) is 0. The number of esters is 1. The van der Waals surface area contributed by atoms with Gasteiger partial charge in [-0.2, -0.15) is 0 Å². The monoisotopic (exact) mass is 378 g/mol. The Kier molecular flexibility index (Phi) is 4.31. The third-order valence-electron chi connectivity index (χ3n) is 4.76. The van der Waals surface area contributed by atoms with Crippen LogP contribution >= 0.6 is 0 Å². The van der Waals surface area contributed by atoms with Crippen molar-refractivity contribution in [2.45, 2.75) is 19.9 Å². The number of nitrogens with zero attached hydrogens (tertiary/aromatic N) is 3. The summed E-state index contributed by atoms with van der Waals surface area (Å²) in [5.41, 5.74) is 3.28. The van der Waals surface area contributed by atoms with Crippen LogP contribution in [-0.2, 0) is 9.53 Å². The van der Waals surface area contributed by atoms with Crippen molar-refractivity contribution < 1.29 is 14.5 Å². The number of nitro groups is 1. The van der Waals surface area contributed by atoms with E-state index in [0.717, 1.165) is 11.0 Å². The molecule has 8 nitrogen and oxygen atoms in total. The van der Waals surface area contributed by atoms with E-state index in [9.17, 15) is 14.9 Å². The molecule has 3 aromatic rings. The smallest absolute Gasteiger partial charge is 0.338 e. The number of benzene rings is 2. The average molecular weight is 378 g/mol. The van der Waals surface area contributed by atoms with Gasteiger partial charge in [-0.3, -0.25) is 14.7 Å². The number of anilines is 1. The number of imidazole rings is 1. The molecular formula is C20H18N4O4. The second-order valence-corrected chi connectivity index (χ2v) is 6.41. The van der Waals surface area contributed by atoms with Crippen LogP contribution in [-0.4, -0.2) is 27.1 Å². The van der Waals surface area contributed by atoms with Crippen LogP contribution in [0.1, 0.15) is 25.5 Å². The number of nitro benzene ring substituents is 1. The Bertz CT molecular complexity index is 1130. The van der Waals surface area contributed by atoms with E-state index in [1.54, 1.807) is 19.1 Å². The Hall–Kier alpha value is -3.68. The van der Waals surface area contributed by atoms with E-state index in [2.05, 4.69) is 10.3 Å². The molecule has 2 aromatic carbocycles. The van der Waals surface area contributed by atoms with Gasteiger partial charge in [0.15, 0.2) is 0 Å². The number of aromatic nitrogens is 2. The fourth-order valence-corrected chi connectivity index (χ4v) is 3.54. The number of non-ortho nitro benzene ring substituents is 1. The molecule has 0 amide bonds. The molecular weight excluding hydrogens is 360 g/mol. The molecule has 1 atom stereocenters. The Labute approximate surface area is 160 Å². The molecule has 8 heteroatoms. The minimum Gasteiger partial charge on any atom is -0.463 e. The Morgan fingerprint density at radius 2 is 2.07 bits per heavy atom. The largest absolute Gasteiger partial charge is 0.463 e. The molecule has 1 aliphatic heterocycles. The topological polar surface area (TPSA) is 99.3 Å². The molecule has 0 spiro atoms. The first-order valence-electron chi connectivity index (χ1n) is 8.88. The summed E-state index contributed by atoms with van der Waals surface area (Å²) in [4.78, 5) is 28.1. The molecule has 142 valence electrons. The number of fused-ring (bicyclic) bond motifs is 3. The highest BCUT2D eigenvalue weighted by Gasteiger charge is 2.34. The Morgan fingerprint density at radius 1 is 1.29 bits per heavy atom. The first kappa shape index (κ1) is 17.7. The lowest BCUT2D eigenvalue weighted by Gasteiger charge is -2.29. The van der Waals surface area contributed by atoms with Crippen LogP contribution in [0.15, 0.2) is 54.1 Å². The summed E-state index contributed by atoms with van der Waals surface area (Å²) >= 11 is 0. The summed E-state index contributed by atoms with van der Waals surface area (Å²) in [6.45, 7) is 3.80. The highest BCUT2D eigenvalue weighted by Crippen LogP contribution is 2.39. The second kappa shape index (κ2) is 6.80. The maximum Gasteiger partial charge on any atom is 0.338 e. The summed E-state index contributed by atoms with van der Waals surface area (Å²) in [6, 6.07) is 13.2. The lowest BCUT2D eigenvalue weighted by Crippen LogP contribution is -2.28. The van der Waals surface area contributed by atoms with Crippen molar-refractivity contribution >= 4 is 34.3 Å². The fraction of sp³-hybridized carbons (Fsp3) is 0.200. The van der Waals surface area contributed by atoms with E-state index in [-0.39, 0.29) is 12.3 Å². The number of hydrogen-bond donors (Lipinski definition) is 1. The SMILES string of the molecule is CCOC(=O)C1=C(C)n2c(nc3ccccc32)N[C@H]1c1cccc([N+](=O)[O-])c1. The zero-order valence-corrected chi connectivity index (χ0v) is 15.4. The van der Waals surface area contributed by atoms with Crippen molar-refractivity contribution in [1.29, 1.82) is 0 Å². The molecule has 1 N–H and O–H groups in total. The number of ether oxygens (including phenoxy) is 1. The predicted octanol–water partition coefficient (Wildman–Crippen LogP) is 3.91. The molecule has 0 aliphatic carbocycles. The van der Waals surface area contributed by atoms with Crippen LogP contribution < -0.4 is 5.32 Å². The molecule has 4 rings (SSSR count). The van der Waals surface area contributed by atoms with Crippen LogP contribution in [0.25, 0.3) is 16.7 Å². The third kappa shape index (κ3) is 2.79. The van der Waals surface area contributed by atoms with Crippen molar-refractivity contribution in [2.75, 3.05) is 11.9 Å². The molecule has 28 heavy (non-hydrogen) atoms. The molecule has 0 unspecified atom stereocenters. The van der Waals surface area contributed by atoms with Crippen LogP contribution in [0.5, 0.6) is 0 Å². The standard InChI is InChI=1S/C20H18N4O4/c1-3-28-19(25)17-12(2)23-16-10-5-4-9-15(16)21-20(23)22-18(17)13-7-6-8-14(11-13)24(26)27/h4-11,18H,3H2,1-2H3,(H,21,22)/t18-/m0/s1. The van der Waals surface area contributed by atoms with Gasteiger partial charge in [0.1, 0.15) is 0 Å². The van der Waals surface area contributed by atoms with Crippen LogP contribution in [0, 0.1) is 10.1 Å². The third-order valence-corrected chi connectivity index (χ3v) is 4.76. The van der Waals surface area contributed by atoms with Gasteiger partial charge in [-0.25, -0.2) is 9.78 Å². The summed E-state index contributed by atoms with van der Waals surface area (Å²) in [5.74, 6) is 0.107. The number of nitrogens with one attached hydrogen (secondary N) is 1. The van der Waals surface area contributed by atoms with E-state index < -0.39 is 16.9 Å². The van der Waals surface area contributed by atoms with Gasteiger partial charge in [0.05, 0.1) is 34.2 Å². The molecule has 1 aromatic heterocycles. The maximum atomic E-state index is 12.8. The van der Waals surface area contributed by atoms with Crippen molar-refractivity contribution in [3.05, 3.63) is 69.8 Å². The second-order valence-electron chi connectivity index (χ2n) is 6.41. The van der Waals surface area contributed by atoms with Gasteiger partial charge in [0.2, 0.25) is 5.95 Å². The molecule has 0 saturated carbocycles. The van der Waals surface area contributed by atoms with Gasteiger partial charge in [-0.05, 0) is 31.5 Å². The maximum absolute atomic E-state index is 12.8. The van der Waals surface area contributed by atoms with Crippen molar-refractivity contribution in [2.24, 2.45) is 0 Å². The summed E-state index contributed by atoms with van der Waals surface area (Å²) < 4.78 is 7.15. The highest BCUT2D eigenvalue weighted by molar-refractivity contribution is 6.00. The lowest BCUT2D eigenvalue weighted by atomic mass is 9.95. The number of carbonyl (C=O) groups is 1. The number of hydrogen-bond acceptors (Lipinski definition) is 6. The van der Waals surface area contributed by atoms with E-state index in [4.69, 9.17) is 4.74 Å². The van der Waals surface area contributed by atoms with Crippen LogP contribution in [0.2, 0.25) is 0 Å². The molecule has 2 heterocycles. The normalized spacial score (nSPS) is 15.9. The van der Waals surface area contributed by atoms with Gasteiger partial charge in [0, 0.05) is 17.8 Å². The lowest BCUT2D eigenvalue weighted by molar-refractivity contribution is -0.384. The first-order valence-corrected chi connectivity index (χ1v) is 8.88. The molecule has 1 aliphatic rings.